The van der Waals surface area contributed by atoms with Gasteiger partial charge in [0.25, 0.3) is 0 Å². The lowest BCUT2D eigenvalue weighted by atomic mass is 10.2. The Hall–Kier alpha value is -0.480. The Bertz CT molecular complexity index is 179. The molecule has 16 heavy (non-hydrogen) atoms. The first-order chi connectivity index (χ1) is 7.40. The first kappa shape index (κ1) is 17.9. The number of alkyl halides is 2. The lowest BCUT2D eigenvalue weighted by molar-refractivity contribution is -0.139. The number of hydrogen-bond acceptors (Lipinski definition) is 2. The molecule has 0 amide bonds. The fourth-order valence-electron chi connectivity index (χ4n) is 0.771. The van der Waals surface area contributed by atoms with Crippen LogP contribution in [0.3, 0.4) is 0 Å². The maximum absolute atomic E-state index is 9.90. The zero-order valence-electron chi connectivity index (χ0n) is 9.29. The van der Waals surface area contributed by atoms with E-state index in [9.17, 15) is 9.59 Å². The van der Waals surface area contributed by atoms with E-state index in [1.807, 2.05) is 0 Å². The second kappa shape index (κ2) is 12.6. The molecular weight excluding hydrogens is 255 g/mol. The maximum Gasteiger partial charge on any atom is 0.303 e. The molecule has 0 atom stereocenters. The highest BCUT2D eigenvalue weighted by Crippen LogP contribution is 2.07. The Morgan fingerprint density at radius 1 is 1.06 bits per heavy atom. The molecule has 0 aliphatic carbocycles. The molecule has 2 N–H and O–H groups in total. The third-order valence-corrected chi connectivity index (χ3v) is 1.97. The summed E-state index contributed by atoms with van der Waals surface area (Å²) in [4.78, 5) is 19.6. The van der Waals surface area contributed by atoms with Gasteiger partial charge in [0, 0.05) is 12.8 Å². The molecule has 0 aromatic carbocycles. The first-order valence-electron chi connectivity index (χ1n) is 5.11. The SMILES string of the molecule is CCCC(Cl)Cl.O=C(O)CCCCC(=O)O. The minimum atomic E-state index is -0.870. The molecule has 0 rings (SSSR count). The molecule has 0 fully saturated rings. The highest BCUT2D eigenvalue weighted by molar-refractivity contribution is 6.44. The molecule has 0 saturated heterocycles. The van der Waals surface area contributed by atoms with Gasteiger partial charge in [-0.1, -0.05) is 13.3 Å². The minimum absolute atomic E-state index is 0.0628. The van der Waals surface area contributed by atoms with Gasteiger partial charge in [-0.25, -0.2) is 0 Å². The predicted octanol–water partition coefficient (Wildman–Crippen LogP) is 3.31. The zero-order valence-corrected chi connectivity index (χ0v) is 10.8. The third-order valence-electron chi connectivity index (χ3n) is 1.54. The van der Waals surface area contributed by atoms with E-state index < -0.39 is 11.9 Å². The largest absolute Gasteiger partial charge is 0.481 e. The molecule has 0 aliphatic rings. The lowest BCUT2D eigenvalue weighted by Crippen LogP contribution is -1.97. The maximum atomic E-state index is 9.90. The van der Waals surface area contributed by atoms with Crippen LogP contribution in [0.15, 0.2) is 0 Å². The first-order valence-corrected chi connectivity index (χ1v) is 5.99. The van der Waals surface area contributed by atoms with Gasteiger partial charge in [0.2, 0.25) is 0 Å². The van der Waals surface area contributed by atoms with Gasteiger partial charge in [0.05, 0.1) is 0 Å². The zero-order chi connectivity index (χ0) is 13.0. The summed E-state index contributed by atoms with van der Waals surface area (Å²) in [5.41, 5.74) is 0. The predicted molar refractivity (Wildman–Crippen MR) is 64.1 cm³/mol. The van der Waals surface area contributed by atoms with Crippen molar-refractivity contribution in [2.75, 3.05) is 0 Å². The molecule has 0 aromatic heterocycles. The number of halogens is 2. The van der Waals surface area contributed by atoms with Gasteiger partial charge in [0.1, 0.15) is 4.84 Å². The van der Waals surface area contributed by atoms with Crippen LogP contribution in [0.4, 0.5) is 0 Å². The van der Waals surface area contributed by atoms with Crippen LogP contribution in [-0.2, 0) is 9.59 Å². The Morgan fingerprint density at radius 3 is 1.56 bits per heavy atom. The minimum Gasteiger partial charge on any atom is -0.481 e. The van der Waals surface area contributed by atoms with Crippen LogP contribution < -0.4 is 0 Å². The van der Waals surface area contributed by atoms with Crippen molar-refractivity contribution in [2.45, 2.75) is 50.3 Å². The van der Waals surface area contributed by atoms with E-state index >= 15 is 0 Å². The van der Waals surface area contributed by atoms with Gasteiger partial charge in [-0.05, 0) is 19.3 Å². The molecule has 0 heterocycles. The van der Waals surface area contributed by atoms with Gasteiger partial charge >= 0.3 is 11.9 Å². The van der Waals surface area contributed by atoms with Crippen LogP contribution in [-0.4, -0.2) is 27.0 Å². The number of unbranched alkanes of at least 4 members (excludes halogenated alkanes) is 1. The van der Waals surface area contributed by atoms with E-state index in [-0.39, 0.29) is 17.7 Å². The molecule has 0 unspecified atom stereocenters. The van der Waals surface area contributed by atoms with E-state index in [4.69, 9.17) is 33.4 Å². The van der Waals surface area contributed by atoms with Gasteiger partial charge in [-0.15, -0.1) is 23.2 Å². The van der Waals surface area contributed by atoms with Crippen LogP contribution in [0.2, 0.25) is 0 Å². The summed E-state index contributed by atoms with van der Waals surface area (Å²) < 4.78 is 0. The van der Waals surface area contributed by atoms with Gasteiger partial charge in [-0.3, -0.25) is 9.59 Å². The summed E-state index contributed by atoms with van der Waals surface area (Å²) in [5.74, 6) is -1.74. The van der Waals surface area contributed by atoms with E-state index in [0.29, 0.717) is 12.8 Å². The quantitative estimate of drug-likeness (QED) is 0.551. The number of rotatable bonds is 7. The molecule has 0 aromatic rings. The smallest absolute Gasteiger partial charge is 0.303 e. The summed E-state index contributed by atoms with van der Waals surface area (Å²) in [6, 6.07) is 0. The van der Waals surface area contributed by atoms with Crippen molar-refractivity contribution in [3.8, 4) is 0 Å². The molecule has 0 bridgehead atoms. The van der Waals surface area contributed by atoms with Crippen LogP contribution in [0, 0.1) is 0 Å². The average Bonchev–Trinajstić information content (AvgIpc) is 2.12. The molecule has 96 valence electrons. The Labute approximate surface area is 106 Å². The second-order valence-corrected chi connectivity index (χ2v) is 4.45. The molecule has 0 spiro atoms. The monoisotopic (exact) mass is 272 g/mol. The number of carbonyl (C=O) groups is 2. The van der Waals surface area contributed by atoms with E-state index in [2.05, 4.69) is 6.92 Å². The Kier molecular flexibility index (Phi) is 14.1. The Balaban J connectivity index is 0. The van der Waals surface area contributed by atoms with Crippen molar-refractivity contribution in [3.63, 3.8) is 0 Å². The standard InChI is InChI=1S/C6H10O4.C4H8Cl2/c7-5(8)3-1-2-4-6(9)10;1-2-3-4(5)6/h1-4H2,(H,7,8)(H,9,10);4H,2-3H2,1H3. The number of aliphatic carboxylic acids is 2. The molecule has 4 nitrogen and oxygen atoms in total. The van der Waals surface area contributed by atoms with Gasteiger partial charge in [-0.2, -0.15) is 0 Å². The Morgan fingerprint density at radius 2 is 1.44 bits per heavy atom. The van der Waals surface area contributed by atoms with Crippen molar-refractivity contribution in [1.82, 2.24) is 0 Å². The topological polar surface area (TPSA) is 74.6 Å². The fraction of sp³-hybridized carbons (Fsp3) is 0.800. The lowest BCUT2D eigenvalue weighted by Gasteiger charge is -1.92. The molecular formula is C10H18Cl2O4. The third kappa shape index (κ3) is 23.4. The fourth-order valence-corrected chi connectivity index (χ4v) is 1.21. The highest BCUT2D eigenvalue weighted by Gasteiger charge is 1.99. The van der Waals surface area contributed by atoms with E-state index in [0.717, 1.165) is 12.8 Å². The number of hydrogen-bond donors (Lipinski definition) is 2. The van der Waals surface area contributed by atoms with Crippen molar-refractivity contribution in [2.24, 2.45) is 0 Å². The van der Waals surface area contributed by atoms with Crippen LogP contribution in [0.1, 0.15) is 45.4 Å². The summed E-state index contributed by atoms with van der Waals surface area (Å²) >= 11 is 10.7. The molecule has 6 heteroatoms. The molecule has 0 radical (unpaired) electrons. The van der Waals surface area contributed by atoms with E-state index in [1.165, 1.54) is 0 Å². The molecule has 0 aliphatic heterocycles. The highest BCUT2D eigenvalue weighted by atomic mass is 35.5. The van der Waals surface area contributed by atoms with Crippen LogP contribution in [0.25, 0.3) is 0 Å². The van der Waals surface area contributed by atoms with Crippen molar-refractivity contribution in [1.29, 1.82) is 0 Å². The number of carboxylic acids is 2. The summed E-state index contributed by atoms with van der Waals surface area (Å²) in [6.07, 6.45) is 2.99. The summed E-state index contributed by atoms with van der Waals surface area (Å²) in [7, 11) is 0. The molecule has 0 saturated carbocycles. The number of carboxylic acid groups (broad SMARTS) is 2. The average molecular weight is 273 g/mol. The van der Waals surface area contributed by atoms with Crippen molar-refractivity contribution < 1.29 is 19.8 Å². The second-order valence-electron chi connectivity index (χ2n) is 3.17. The van der Waals surface area contributed by atoms with Gasteiger partial charge < -0.3 is 10.2 Å². The normalized spacial score (nSPS) is 9.50. The van der Waals surface area contributed by atoms with Crippen LogP contribution >= 0.6 is 23.2 Å². The summed E-state index contributed by atoms with van der Waals surface area (Å²) in [5, 5.41) is 16.3. The van der Waals surface area contributed by atoms with Crippen molar-refractivity contribution >= 4 is 35.1 Å². The van der Waals surface area contributed by atoms with Gasteiger partial charge in [0.15, 0.2) is 0 Å². The van der Waals surface area contributed by atoms with Crippen LogP contribution in [0.5, 0.6) is 0 Å². The van der Waals surface area contributed by atoms with Crippen molar-refractivity contribution in [3.05, 3.63) is 0 Å². The summed E-state index contributed by atoms with van der Waals surface area (Å²) in [6.45, 7) is 2.05. The van der Waals surface area contributed by atoms with E-state index in [1.54, 1.807) is 0 Å².